The third-order valence-electron chi connectivity index (χ3n) is 3.00. The molecule has 21 heavy (non-hydrogen) atoms. The Hall–Kier alpha value is -1.69. The fraction of sp³-hybridized carbons (Fsp3) is 0.267. The van der Waals surface area contributed by atoms with Gasteiger partial charge in [0.05, 0.1) is 0 Å². The van der Waals surface area contributed by atoms with Gasteiger partial charge in [-0.2, -0.15) is 0 Å². The van der Waals surface area contributed by atoms with Gasteiger partial charge in [0.25, 0.3) is 5.91 Å². The Morgan fingerprint density at radius 3 is 2.71 bits per heavy atom. The lowest BCUT2D eigenvalue weighted by Gasteiger charge is -2.09. The summed E-state index contributed by atoms with van der Waals surface area (Å²) >= 11 is 3.34. The van der Waals surface area contributed by atoms with Gasteiger partial charge in [0.1, 0.15) is 5.69 Å². The van der Waals surface area contributed by atoms with Gasteiger partial charge in [0.15, 0.2) is 11.6 Å². The molecular weight excluding hydrogens is 342 g/mol. The predicted octanol–water partition coefficient (Wildman–Crippen LogP) is 3.87. The van der Waals surface area contributed by atoms with E-state index in [-0.39, 0.29) is 12.5 Å². The van der Waals surface area contributed by atoms with Crippen LogP contribution in [0.4, 0.5) is 8.78 Å². The van der Waals surface area contributed by atoms with Crippen LogP contribution in [0.1, 0.15) is 29.4 Å². The number of benzene rings is 1. The van der Waals surface area contributed by atoms with Crippen molar-refractivity contribution in [3.63, 3.8) is 0 Å². The molecule has 0 unspecified atom stereocenters. The van der Waals surface area contributed by atoms with Crippen LogP contribution < -0.4 is 5.32 Å². The maximum atomic E-state index is 13.1. The lowest BCUT2D eigenvalue weighted by molar-refractivity contribution is 0.0941. The third-order valence-corrected chi connectivity index (χ3v) is 3.43. The molecule has 0 fully saturated rings. The second kappa shape index (κ2) is 6.85. The Balaban J connectivity index is 2.06. The molecular formula is C15H15BrF2N2O. The lowest BCUT2D eigenvalue weighted by atomic mass is 10.2. The Morgan fingerprint density at radius 1 is 1.29 bits per heavy atom. The molecule has 0 atom stereocenters. The molecule has 6 heteroatoms. The van der Waals surface area contributed by atoms with Gasteiger partial charge in [-0.1, -0.05) is 13.0 Å². The standard InChI is InChI=1S/C15H15BrF2N2O/c1-2-5-20-9-11(16)7-14(20)15(21)19-8-10-3-4-12(17)13(18)6-10/h3-4,6-7,9H,2,5,8H2,1H3,(H,19,21). The molecule has 0 saturated carbocycles. The Bertz CT molecular complexity index is 655. The molecule has 112 valence electrons. The van der Waals surface area contributed by atoms with Crippen LogP contribution in [0.5, 0.6) is 0 Å². The highest BCUT2D eigenvalue weighted by atomic mass is 79.9. The van der Waals surface area contributed by atoms with Crippen molar-refractivity contribution in [1.29, 1.82) is 0 Å². The lowest BCUT2D eigenvalue weighted by Crippen LogP contribution is -2.25. The van der Waals surface area contributed by atoms with Crippen LogP contribution in [0, 0.1) is 11.6 Å². The summed E-state index contributed by atoms with van der Waals surface area (Å²) in [7, 11) is 0. The summed E-state index contributed by atoms with van der Waals surface area (Å²) < 4.78 is 28.6. The van der Waals surface area contributed by atoms with Gasteiger partial charge in [0, 0.05) is 23.8 Å². The molecule has 0 saturated heterocycles. The fourth-order valence-corrected chi connectivity index (χ4v) is 2.48. The number of aromatic nitrogens is 1. The molecule has 1 heterocycles. The normalized spacial score (nSPS) is 10.7. The first kappa shape index (κ1) is 15.7. The molecule has 1 aromatic heterocycles. The second-order valence-corrected chi connectivity index (χ2v) is 5.58. The minimum Gasteiger partial charge on any atom is -0.347 e. The predicted molar refractivity (Wildman–Crippen MR) is 80.0 cm³/mol. The molecule has 2 aromatic rings. The summed E-state index contributed by atoms with van der Waals surface area (Å²) in [4.78, 5) is 12.2. The number of aryl methyl sites for hydroxylation is 1. The van der Waals surface area contributed by atoms with E-state index in [1.54, 1.807) is 6.07 Å². The smallest absolute Gasteiger partial charge is 0.268 e. The summed E-state index contributed by atoms with van der Waals surface area (Å²) in [6.07, 6.45) is 2.75. The molecule has 1 amide bonds. The largest absolute Gasteiger partial charge is 0.347 e. The first-order chi connectivity index (χ1) is 10.0. The van der Waals surface area contributed by atoms with E-state index in [1.165, 1.54) is 6.07 Å². The van der Waals surface area contributed by atoms with Crippen LogP contribution in [-0.2, 0) is 13.1 Å². The summed E-state index contributed by atoms with van der Waals surface area (Å²) in [5, 5.41) is 2.70. The highest BCUT2D eigenvalue weighted by molar-refractivity contribution is 9.10. The number of nitrogens with zero attached hydrogens (tertiary/aromatic N) is 1. The maximum Gasteiger partial charge on any atom is 0.268 e. The number of hydrogen-bond donors (Lipinski definition) is 1. The summed E-state index contributed by atoms with van der Waals surface area (Å²) in [5.74, 6) is -2.07. The fourth-order valence-electron chi connectivity index (χ4n) is 2.01. The number of hydrogen-bond acceptors (Lipinski definition) is 1. The molecule has 3 nitrogen and oxygen atoms in total. The monoisotopic (exact) mass is 356 g/mol. The van der Waals surface area contributed by atoms with Crippen LogP contribution in [-0.4, -0.2) is 10.5 Å². The van der Waals surface area contributed by atoms with Crippen molar-refractivity contribution >= 4 is 21.8 Å². The summed E-state index contributed by atoms with van der Waals surface area (Å²) in [6, 6.07) is 5.31. The SMILES string of the molecule is CCCn1cc(Br)cc1C(=O)NCc1ccc(F)c(F)c1. The molecule has 0 radical (unpaired) electrons. The van der Waals surface area contributed by atoms with E-state index >= 15 is 0 Å². The van der Waals surface area contributed by atoms with E-state index in [4.69, 9.17) is 0 Å². The minimum absolute atomic E-state index is 0.144. The van der Waals surface area contributed by atoms with E-state index in [0.717, 1.165) is 29.6 Å². The van der Waals surface area contributed by atoms with Crippen LogP contribution in [0.15, 0.2) is 34.9 Å². The van der Waals surface area contributed by atoms with E-state index in [9.17, 15) is 13.6 Å². The highest BCUT2D eigenvalue weighted by Gasteiger charge is 2.12. The molecule has 0 aliphatic rings. The zero-order chi connectivity index (χ0) is 15.4. The Labute approximate surface area is 130 Å². The minimum atomic E-state index is -0.918. The van der Waals surface area contributed by atoms with Crippen molar-refractivity contribution < 1.29 is 13.6 Å². The van der Waals surface area contributed by atoms with E-state index < -0.39 is 11.6 Å². The van der Waals surface area contributed by atoms with Crippen molar-refractivity contribution in [2.24, 2.45) is 0 Å². The highest BCUT2D eigenvalue weighted by Crippen LogP contribution is 2.16. The van der Waals surface area contributed by atoms with E-state index in [0.29, 0.717) is 11.3 Å². The van der Waals surface area contributed by atoms with Crippen molar-refractivity contribution in [1.82, 2.24) is 9.88 Å². The average Bonchev–Trinajstić information content (AvgIpc) is 2.81. The number of nitrogens with one attached hydrogen (secondary N) is 1. The van der Waals surface area contributed by atoms with Crippen molar-refractivity contribution in [3.05, 3.63) is 57.8 Å². The summed E-state index contributed by atoms with van der Waals surface area (Å²) in [6.45, 7) is 2.90. The van der Waals surface area contributed by atoms with Crippen molar-refractivity contribution in [3.8, 4) is 0 Å². The molecule has 2 rings (SSSR count). The molecule has 0 spiro atoms. The molecule has 0 bridgehead atoms. The first-order valence-electron chi connectivity index (χ1n) is 6.59. The van der Waals surface area contributed by atoms with Gasteiger partial charge in [-0.25, -0.2) is 8.78 Å². The van der Waals surface area contributed by atoms with Gasteiger partial charge in [-0.15, -0.1) is 0 Å². The molecule has 0 aliphatic heterocycles. The van der Waals surface area contributed by atoms with E-state index in [2.05, 4.69) is 21.2 Å². The number of rotatable bonds is 5. The Morgan fingerprint density at radius 2 is 2.05 bits per heavy atom. The summed E-state index contributed by atoms with van der Waals surface area (Å²) in [5.41, 5.74) is 1.04. The average molecular weight is 357 g/mol. The molecule has 0 aliphatic carbocycles. The van der Waals surface area contributed by atoms with Crippen molar-refractivity contribution in [2.45, 2.75) is 26.4 Å². The first-order valence-corrected chi connectivity index (χ1v) is 7.38. The zero-order valence-electron chi connectivity index (χ0n) is 11.5. The van der Waals surface area contributed by atoms with Crippen LogP contribution in [0.2, 0.25) is 0 Å². The molecule has 1 N–H and O–H groups in total. The number of carbonyl (C=O) groups is 1. The van der Waals surface area contributed by atoms with Crippen LogP contribution >= 0.6 is 15.9 Å². The maximum absolute atomic E-state index is 13.1. The number of amides is 1. The quantitative estimate of drug-likeness (QED) is 0.866. The Kier molecular flexibility index (Phi) is 5.12. The zero-order valence-corrected chi connectivity index (χ0v) is 13.1. The van der Waals surface area contributed by atoms with Gasteiger partial charge in [-0.3, -0.25) is 4.79 Å². The van der Waals surface area contributed by atoms with Gasteiger partial charge in [0.2, 0.25) is 0 Å². The van der Waals surface area contributed by atoms with Crippen LogP contribution in [0.25, 0.3) is 0 Å². The van der Waals surface area contributed by atoms with Crippen LogP contribution in [0.3, 0.4) is 0 Å². The third kappa shape index (κ3) is 3.91. The molecule has 1 aromatic carbocycles. The van der Waals surface area contributed by atoms with Crippen molar-refractivity contribution in [2.75, 3.05) is 0 Å². The van der Waals surface area contributed by atoms with E-state index in [1.807, 2.05) is 17.7 Å². The number of halogens is 3. The number of carbonyl (C=O) groups excluding carboxylic acids is 1. The van der Waals surface area contributed by atoms with Gasteiger partial charge < -0.3 is 9.88 Å². The van der Waals surface area contributed by atoms with Gasteiger partial charge in [-0.05, 0) is 46.1 Å². The topological polar surface area (TPSA) is 34.0 Å². The van der Waals surface area contributed by atoms with Gasteiger partial charge >= 0.3 is 0 Å². The second-order valence-electron chi connectivity index (χ2n) is 4.67.